The van der Waals surface area contributed by atoms with Gasteiger partial charge in [-0.05, 0) is 55.5 Å². The molecule has 0 radical (unpaired) electrons. The number of hydrogen-bond donors (Lipinski definition) is 2. The van der Waals surface area contributed by atoms with Gasteiger partial charge in [0.25, 0.3) is 5.91 Å². The highest BCUT2D eigenvalue weighted by Crippen LogP contribution is 2.31. The van der Waals surface area contributed by atoms with Crippen LogP contribution in [0.15, 0.2) is 77.0 Å². The molecule has 4 aromatic rings. The first-order chi connectivity index (χ1) is 17.9. The van der Waals surface area contributed by atoms with Crippen LogP contribution in [0, 0.1) is 0 Å². The van der Waals surface area contributed by atoms with Crippen LogP contribution < -0.4 is 20.1 Å². The van der Waals surface area contributed by atoms with Crippen LogP contribution in [-0.4, -0.2) is 36.3 Å². The lowest BCUT2D eigenvalue weighted by Crippen LogP contribution is -2.22. The summed E-state index contributed by atoms with van der Waals surface area (Å²) in [5.41, 5.74) is 2.63. The zero-order valence-corrected chi connectivity index (χ0v) is 22.7. The third kappa shape index (κ3) is 6.62. The Morgan fingerprint density at radius 2 is 1.59 bits per heavy atom. The van der Waals surface area contributed by atoms with E-state index in [0.29, 0.717) is 32.9 Å². The van der Waals surface area contributed by atoms with Gasteiger partial charge in [0.15, 0.2) is 5.13 Å². The van der Waals surface area contributed by atoms with Crippen molar-refractivity contribution in [1.29, 1.82) is 0 Å². The fourth-order valence-electron chi connectivity index (χ4n) is 3.43. The van der Waals surface area contributed by atoms with Crippen molar-refractivity contribution in [3.05, 3.63) is 82.7 Å². The summed E-state index contributed by atoms with van der Waals surface area (Å²) >= 11 is 8.73. The van der Waals surface area contributed by atoms with E-state index < -0.39 is 0 Å². The molecule has 3 aromatic carbocycles. The average molecular weight is 554 g/mol. The molecule has 1 unspecified atom stereocenters. The van der Waals surface area contributed by atoms with Crippen LogP contribution in [0.3, 0.4) is 0 Å². The van der Waals surface area contributed by atoms with E-state index in [1.165, 1.54) is 37.3 Å². The van der Waals surface area contributed by atoms with Crippen molar-refractivity contribution in [1.82, 2.24) is 4.98 Å². The van der Waals surface area contributed by atoms with Crippen molar-refractivity contribution in [3.8, 4) is 22.8 Å². The highest BCUT2D eigenvalue weighted by Gasteiger charge is 2.19. The van der Waals surface area contributed by atoms with E-state index in [4.69, 9.17) is 21.1 Å². The van der Waals surface area contributed by atoms with Crippen molar-refractivity contribution in [2.75, 3.05) is 24.9 Å². The number of thioether (sulfide) groups is 1. The van der Waals surface area contributed by atoms with Gasteiger partial charge in [0.2, 0.25) is 5.91 Å². The van der Waals surface area contributed by atoms with Gasteiger partial charge in [-0.1, -0.05) is 29.8 Å². The molecule has 4 rings (SSSR count). The van der Waals surface area contributed by atoms with E-state index in [1.807, 2.05) is 36.6 Å². The minimum Gasteiger partial charge on any atom is -0.496 e. The van der Waals surface area contributed by atoms with Gasteiger partial charge in [0.05, 0.1) is 25.2 Å². The normalized spacial score (nSPS) is 11.5. The van der Waals surface area contributed by atoms with Crippen LogP contribution in [0.4, 0.5) is 10.8 Å². The van der Waals surface area contributed by atoms with E-state index in [2.05, 4.69) is 15.6 Å². The highest BCUT2D eigenvalue weighted by atomic mass is 35.5. The van der Waals surface area contributed by atoms with Gasteiger partial charge in [-0.25, -0.2) is 4.98 Å². The summed E-state index contributed by atoms with van der Waals surface area (Å²) in [5, 5.41) is 8.47. The Labute approximate surface area is 228 Å². The Hall–Kier alpha value is -3.53. The SMILES string of the molecule is COc1cccc(OC)c1C(=O)Nc1ccc(SC(C)C(=O)Nc2nc(-c3ccc(Cl)cc3)cs2)cc1. The van der Waals surface area contributed by atoms with E-state index in [9.17, 15) is 9.59 Å². The number of carbonyl (C=O) groups is 2. The van der Waals surface area contributed by atoms with E-state index >= 15 is 0 Å². The number of halogens is 1. The number of benzene rings is 3. The maximum absolute atomic E-state index is 12.9. The number of hydrogen-bond acceptors (Lipinski definition) is 7. The van der Waals surface area contributed by atoms with E-state index in [0.717, 1.165) is 16.2 Å². The zero-order valence-electron chi connectivity index (χ0n) is 20.3. The van der Waals surface area contributed by atoms with Gasteiger partial charge in [0.1, 0.15) is 17.1 Å². The third-order valence-electron chi connectivity index (χ3n) is 5.32. The highest BCUT2D eigenvalue weighted by molar-refractivity contribution is 8.00. The first-order valence-electron chi connectivity index (χ1n) is 11.2. The maximum atomic E-state index is 12.9. The molecular weight excluding hydrogens is 530 g/mol. The summed E-state index contributed by atoms with van der Waals surface area (Å²) in [6.45, 7) is 1.83. The Balaban J connectivity index is 1.35. The summed E-state index contributed by atoms with van der Waals surface area (Å²) in [5.74, 6) is 0.347. The van der Waals surface area contributed by atoms with Gasteiger partial charge in [-0.3, -0.25) is 9.59 Å². The molecular formula is C27H24ClN3O4S2. The van der Waals surface area contributed by atoms with E-state index in [1.54, 1.807) is 42.5 Å². The summed E-state index contributed by atoms with van der Waals surface area (Å²) in [6.07, 6.45) is 0. The monoisotopic (exact) mass is 553 g/mol. The molecule has 0 saturated carbocycles. The average Bonchev–Trinajstić information content (AvgIpc) is 3.37. The number of methoxy groups -OCH3 is 2. The minimum absolute atomic E-state index is 0.150. The Morgan fingerprint density at radius 1 is 0.946 bits per heavy atom. The standard InChI is InChI=1S/C27H24ClN3O4S2/c1-16(25(32)31-27-30-21(15-36-27)17-7-9-18(28)10-8-17)37-20-13-11-19(12-14-20)29-26(33)24-22(34-2)5-4-6-23(24)35-3/h4-16H,1-3H3,(H,29,33)(H,30,31,32). The van der Waals surface area contributed by atoms with Gasteiger partial charge in [-0.15, -0.1) is 23.1 Å². The largest absolute Gasteiger partial charge is 0.496 e. The van der Waals surface area contributed by atoms with Crippen molar-refractivity contribution < 1.29 is 19.1 Å². The molecule has 7 nitrogen and oxygen atoms in total. The third-order valence-corrected chi connectivity index (χ3v) is 7.45. The zero-order chi connectivity index (χ0) is 26.4. The number of thiazole rings is 1. The lowest BCUT2D eigenvalue weighted by molar-refractivity contribution is -0.115. The number of anilines is 2. The molecule has 37 heavy (non-hydrogen) atoms. The van der Waals surface area contributed by atoms with E-state index in [-0.39, 0.29) is 17.1 Å². The molecule has 2 N–H and O–H groups in total. The molecule has 0 aliphatic carbocycles. The quantitative estimate of drug-likeness (QED) is 0.220. The number of rotatable bonds is 9. The van der Waals surface area contributed by atoms with Crippen molar-refractivity contribution >= 4 is 57.3 Å². The summed E-state index contributed by atoms with van der Waals surface area (Å²) in [6, 6.07) is 19.8. The van der Waals surface area contributed by atoms with Crippen LogP contribution in [0.2, 0.25) is 5.02 Å². The number of amides is 2. The van der Waals surface area contributed by atoms with Crippen LogP contribution in [0.5, 0.6) is 11.5 Å². The molecule has 0 fully saturated rings. The summed E-state index contributed by atoms with van der Waals surface area (Å²) in [7, 11) is 3.00. The fourth-order valence-corrected chi connectivity index (χ4v) is 5.15. The van der Waals surface area contributed by atoms with Gasteiger partial charge in [-0.2, -0.15) is 0 Å². The molecule has 190 valence electrons. The first kappa shape index (κ1) is 26.5. The molecule has 0 saturated heterocycles. The lowest BCUT2D eigenvalue weighted by atomic mass is 10.1. The maximum Gasteiger partial charge on any atom is 0.263 e. The number of nitrogens with one attached hydrogen (secondary N) is 2. The second-order valence-corrected chi connectivity index (χ2v) is 10.5. The Morgan fingerprint density at radius 3 is 2.22 bits per heavy atom. The predicted octanol–water partition coefficient (Wildman–Crippen LogP) is 6.85. The second kappa shape index (κ2) is 12.1. The summed E-state index contributed by atoms with van der Waals surface area (Å²) < 4.78 is 10.6. The van der Waals surface area contributed by atoms with Crippen molar-refractivity contribution in [2.24, 2.45) is 0 Å². The predicted molar refractivity (Wildman–Crippen MR) is 150 cm³/mol. The van der Waals surface area contributed by atoms with Crippen LogP contribution >= 0.6 is 34.7 Å². The topological polar surface area (TPSA) is 89.5 Å². The van der Waals surface area contributed by atoms with Crippen molar-refractivity contribution in [3.63, 3.8) is 0 Å². The Kier molecular flexibility index (Phi) is 8.70. The van der Waals surface area contributed by atoms with Gasteiger partial charge >= 0.3 is 0 Å². The molecule has 10 heteroatoms. The molecule has 0 bridgehead atoms. The second-order valence-electron chi connectivity index (χ2n) is 7.81. The first-order valence-corrected chi connectivity index (χ1v) is 13.3. The lowest BCUT2D eigenvalue weighted by Gasteiger charge is -2.14. The minimum atomic E-state index is -0.360. The van der Waals surface area contributed by atoms with Gasteiger partial charge < -0.3 is 20.1 Å². The van der Waals surface area contributed by atoms with Crippen LogP contribution in [0.1, 0.15) is 17.3 Å². The smallest absolute Gasteiger partial charge is 0.263 e. The number of aromatic nitrogens is 1. The number of carbonyl (C=O) groups excluding carboxylic acids is 2. The van der Waals surface area contributed by atoms with Crippen molar-refractivity contribution in [2.45, 2.75) is 17.1 Å². The van der Waals surface area contributed by atoms with Gasteiger partial charge in [0, 0.05) is 26.5 Å². The molecule has 0 spiro atoms. The molecule has 1 heterocycles. The summed E-state index contributed by atoms with van der Waals surface area (Å²) in [4.78, 5) is 31.0. The van der Waals surface area contributed by atoms with Crippen LogP contribution in [-0.2, 0) is 4.79 Å². The fraction of sp³-hybridized carbons (Fsp3) is 0.148. The molecule has 0 aliphatic heterocycles. The number of nitrogens with zero attached hydrogens (tertiary/aromatic N) is 1. The number of ether oxygens (including phenoxy) is 2. The molecule has 1 aromatic heterocycles. The molecule has 1 atom stereocenters. The van der Waals surface area contributed by atoms with Crippen LogP contribution in [0.25, 0.3) is 11.3 Å². The Bertz CT molecular complexity index is 1370. The molecule has 2 amide bonds. The molecule has 0 aliphatic rings.